The number of benzene rings is 1. The average molecular weight is 366 g/mol. The molecular weight excluding hydrogens is 345 g/mol. The number of halogens is 3. The van der Waals surface area contributed by atoms with Gasteiger partial charge < -0.3 is 9.73 Å². The van der Waals surface area contributed by atoms with Gasteiger partial charge >= 0.3 is 6.18 Å². The number of hydrogen-bond acceptors (Lipinski definition) is 3. The molecule has 0 aliphatic carbocycles. The highest BCUT2D eigenvalue weighted by Gasteiger charge is 2.33. The SMILES string of the molecule is O=C(NCc1ccccc1C(F)(F)F)C1CCCN(Cc2ccco2)C1. The Morgan fingerprint density at radius 2 is 2.04 bits per heavy atom. The van der Waals surface area contributed by atoms with E-state index in [0.717, 1.165) is 31.2 Å². The number of carbonyl (C=O) groups excluding carboxylic acids is 1. The van der Waals surface area contributed by atoms with Gasteiger partial charge in [-0.2, -0.15) is 13.2 Å². The maximum atomic E-state index is 13.0. The molecule has 26 heavy (non-hydrogen) atoms. The number of amides is 1. The fourth-order valence-corrected chi connectivity index (χ4v) is 3.31. The first-order valence-corrected chi connectivity index (χ1v) is 8.61. The maximum absolute atomic E-state index is 13.0. The third kappa shape index (κ3) is 4.66. The highest BCUT2D eigenvalue weighted by Crippen LogP contribution is 2.31. The van der Waals surface area contributed by atoms with E-state index in [1.54, 1.807) is 12.3 Å². The monoisotopic (exact) mass is 366 g/mol. The Bertz CT molecular complexity index is 729. The molecule has 0 bridgehead atoms. The second-order valence-electron chi connectivity index (χ2n) is 6.53. The van der Waals surface area contributed by atoms with Crippen molar-refractivity contribution < 1.29 is 22.4 Å². The lowest BCUT2D eigenvalue weighted by Gasteiger charge is -2.31. The lowest BCUT2D eigenvalue weighted by molar-refractivity contribution is -0.138. The first-order chi connectivity index (χ1) is 12.4. The van der Waals surface area contributed by atoms with E-state index in [9.17, 15) is 18.0 Å². The third-order valence-electron chi connectivity index (χ3n) is 4.61. The van der Waals surface area contributed by atoms with Gasteiger partial charge in [-0.15, -0.1) is 0 Å². The van der Waals surface area contributed by atoms with E-state index >= 15 is 0 Å². The van der Waals surface area contributed by atoms with Crippen LogP contribution in [-0.4, -0.2) is 23.9 Å². The predicted molar refractivity (Wildman–Crippen MR) is 90.0 cm³/mol. The van der Waals surface area contributed by atoms with Crippen molar-refractivity contribution in [1.29, 1.82) is 0 Å². The number of carbonyl (C=O) groups is 1. The molecule has 1 unspecified atom stereocenters. The number of likely N-dealkylation sites (tertiary alicyclic amines) is 1. The quantitative estimate of drug-likeness (QED) is 0.875. The maximum Gasteiger partial charge on any atom is 0.416 e. The molecule has 140 valence electrons. The van der Waals surface area contributed by atoms with Gasteiger partial charge in [0.1, 0.15) is 5.76 Å². The molecule has 1 aliphatic rings. The van der Waals surface area contributed by atoms with Crippen LogP contribution in [-0.2, 0) is 24.1 Å². The van der Waals surface area contributed by atoms with Gasteiger partial charge in [-0.25, -0.2) is 0 Å². The highest BCUT2D eigenvalue weighted by molar-refractivity contribution is 5.79. The molecule has 1 aromatic carbocycles. The molecule has 1 fully saturated rings. The first kappa shape index (κ1) is 18.5. The van der Waals surface area contributed by atoms with Crippen molar-refractivity contribution in [1.82, 2.24) is 10.2 Å². The number of alkyl halides is 3. The highest BCUT2D eigenvalue weighted by atomic mass is 19.4. The van der Waals surface area contributed by atoms with Crippen LogP contribution in [0.2, 0.25) is 0 Å². The smallest absolute Gasteiger partial charge is 0.416 e. The van der Waals surface area contributed by atoms with Gasteiger partial charge in [0.15, 0.2) is 0 Å². The Balaban J connectivity index is 1.57. The summed E-state index contributed by atoms with van der Waals surface area (Å²) in [5, 5.41) is 2.67. The molecule has 3 rings (SSSR count). The number of furan rings is 1. The Kier molecular flexibility index (Phi) is 5.66. The van der Waals surface area contributed by atoms with Crippen LogP contribution in [0, 0.1) is 5.92 Å². The summed E-state index contributed by atoms with van der Waals surface area (Å²) in [4.78, 5) is 14.6. The zero-order valence-corrected chi connectivity index (χ0v) is 14.3. The zero-order valence-electron chi connectivity index (χ0n) is 14.3. The Labute approximate surface area is 150 Å². The molecule has 2 heterocycles. The van der Waals surface area contributed by atoms with Gasteiger partial charge in [0.2, 0.25) is 5.91 Å². The van der Waals surface area contributed by atoms with Crippen molar-refractivity contribution in [3.8, 4) is 0 Å². The molecule has 0 radical (unpaired) electrons. The lowest BCUT2D eigenvalue weighted by Crippen LogP contribution is -2.42. The zero-order chi connectivity index (χ0) is 18.6. The number of piperidine rings is 1. The van der Waals surface area contributed by atoms with Gasteiger partial charge in [-0.3, -0.25) is 9.69 Å². The van der Waals surface area contributed by atoms with Gasteiger partial charge in [0.05, 0.1) is 24.3 Å². The van der Waals surface area contributed by atoms with Crippen molar-refractivity contribution in [2.45, 2.75) is 32.1 Å². The predicted octanol–water partition coefficient (Wildman–Crippen LogP) is 3.83. The van der Waals surface area contributed by atoms with Gasteiger partial charge in [-0.05, 0) is 43.1 Å². The van der Waals surface area contributed by atoms with Gasteiger partial charge in [0.25, 0.3) is 0 Å². The summed E-state index contributed by atoms with van der Waals surface area (Å²) >= 11 is 0. The van der Waals surface area contributed by atoms with Crippen LogP contribution in [0.15, 0.2) is 47.1 Å². The van der Waals surface area contributed by atoms with Crippen molar-refractivity contribution in [3.63, 3.8) is 0 Å². The van der Waals surface area contributed by atoms with Crippen LogP contribution < -0.4 is 5.32 Å². The molecule has 1 aliphatic heterocycles. The Morgan fingerprint density at radius 3 is 2.77 bits per heavy atom. The topological polar surface area (TPSA) is 45.5 Å². The molecule has 0 spiro atoms. The number of nitrogens with one attached hydrogen (secondary N) is 1. The number of rotatable bonds is 5. The minimum atomic E-state index is -4.42. The van der Waals surface area contributed by atoms with E-state index in [4.69, 9.17) is 4.42 Å². The standard InChI is InChI=1S/C19H21F3N2O2/c20-19(21,22)17-8-2-1-5-14(17)11-23-18(25)15-6-3-9-24(12-15)13-16-7-4-10-26-16/h1-2,4-5,7-8,10,15H,3,6,9,11-13H2,(H,23,25). The van der Waals surface area contributed by atoms with Crippen LogP contribution in [0.4, 0.5) is 13.2 Å². The Morgan fingerprint density at radius 1 is 1.23 bits per heavy atom. The van der Waals surface area contributed by atoms with E-state index in [0.29, 0.717) is 13.1 Å². The average Bonchev–Trinajstić information content (AvgIpc) is 3.12. The largest absolute Gasteiger partial charge is 0.468 e. The van der Waals surface area contributed by atoms with Crippen molar-refractivity contribution >= 4 is 5.91 Å². The second-order valence-corrected chi connectivity index (χ2v) is 6.53. The summed E-state index contributed by atoms with van der Waals surface area (Å²) in [7, 11) is 0. The van der Waals surface area contributed by atoms with Crippen LogP contribution in [0.1, 0.15) is 29.7 Å². The fourth-order valence-electron chi connectivity index (χ4n) is 3.31. The molecule has 4 nitrogen and oxygen atoms in total. The number of hydrogen-bond donors (Lipinski definition) is 1. The van der Waals surface area contributed by atoms with E-state index in [1.165, 1.54) is 12.1 Å². The van der Waals surface area contributed by atoms with E-state index in [2.05, 4.69) is 10.2 Å². The lowest BCUT2D eigenvalue weighted by atomic mass is 9.96. The Hall–Kier alpha value is -2.28. The molecule has 1 aromatic heterocycles. The molecular formula is C19H21F3N2O2. The number of nitrogens with zero attached hydrogens (tertiary/aromatic N) is 1. The van der Waals surface area contributed by atoms with Gasteiger partial charge in [-0.1, -0.05) is 18.2 Å². The summed E-state index contributed by atoms with van der Waals surface area (Å²) in [6.45, 7) is 1.96. The molecule has 1 N–H and O–H groups in total. The summed E-state index contributed by atoms with van der Waals surface area (Å²) in [5.41, 5.74) is -0.625. The molecule has 2 aromatic rings. The normalized spacial score (nSPS) is 18.7. The van der Waals surface area contributed by atoms with E-state index < -0.39 is 11.7 Å². The summed E-state index contributed by atoms with van der Waals surface area (Å²) < 4.78 is 44.4. The van der Waals surface area contributed by atoms with Crippen LogP contribution in [0.5, 0.6) is 0 Å². The third-order valence-corrected chi connectivity index (χ3v) is 4.61. The molecule has 1 saturated heterocycles. The van der Waals surface area contributed by atoms with Crippen molar-refractivity contribution in [3.05, 3.63) is 59.5 Å². The summed E-state index contributed by atoms with van der Waals surface area (Å²) in [5.74, 6) is 0.410. The van der Waals surface area contributed by atoms with Crippen LogP contribution in [0.25, 0.3) is 0 Å². The van der Waals surface area contributed by atoms with Crippen molar-refractivity contribution in [2.24, 2.45) is 5.92 Å². The fraction of sp³-hybridized carbons (Fsp3) is 0.421. The van der Waals surface area contributed by atoms with E-state index in [1.807, 2.05) is 12.1 Å². The summed E-state index contributed by atoms with van der Waals surface area (Å²) in [6.07, 6.45) is -1.20. The molecule has 0 saturated carbocycles. The summed E-state index contributed by atoms with van der Waals surface area (Å²) in [6, 6.07) is 9.03. The van der Waals surface area contributed by atoms with Gasteiger partial charge in [0, 0.05) is 13.1 Å². The molecule has 1 atom stereocenters. The molecule has 7 heteroatoms. The minimum absolute atomic E-state index is 0.0802. The second kappa shape index (κ2) is 7.95. The van der Waals surface area contributed by atoms with Crippen LogP contribution >= 0.6 is 0 Å². The minimum Gasteiger partial charge on any atom is -0.468 e. The first-order valence-electron chi connectivity index (χ1n) is 8.61. The van der Waals surface area contributed by atoms with Crippen molar-refractivity contribution in [2.75, 3.05) is 13.1 Å². The van der Waals surface area contributed by atoms with Crippen LogP contribution in [0.3, 0.4) is 0 Å². The van der Waals surface area contributed by atoms with E-state index in [-0.39, 0.29) is 23.9 Å². The molecule has 1 amide bonds.